The maximum atomic E-state index is 7.76. The van der Waals surface area contributed by atoms with Crippen molar-refractivity contribution in [3.63, 3.8) is 0 Å². The van der Waals surface area contributed by atoms with Gasteiger partial charge < -0.3 is 0 Å². The highest BCUT2D eigenvalue weighted by molar-refractivity contribution is 9.10. The Morgan fingerprint density at radius 2 is 2.27 bits per heavy atom. The third-order valence-electron chi connectivity index (χ3n) is 1.28. The van der Waals surface area contributed by atoms with Crippen molar-refractivity contribution in [2.45, 2.75) is 13.3 Å². The highest BCUT2D eigenvalue weighted by atomic mass is 79.9. The van der Waals surface area contributed by atoms with Crippen LogP contribution >= 0.6 is 15.9 Å². The van der Waals surface area contributed by atoms with Crippen LogP contribution in [0.3, 0.4) is 0 Å². The predicted octanol–water partition coefficient (Wildman–Crippen LogP) is 3.57. The third kappa shape index (κ3) is 2.51. The Morgan fingerprint density at radius 3 is 2.91 bits per heavy atom. The zero-order valence-electron chi connectivity index (χ0n) is 8.34. The number of benzene rings is 1. The van der Waals surface area contributed by atoms with Gasteiger partial charge >= 0.3 is 0 Å². The van der Waals surface area contributed by atoms with E-state index in [4.69, 9.17) is 2.74 Å². The van der Waals surface area contributed by atoms with Gasteiger partial charge in [0.05, 0.1) is 0 Å². The lowest BCUT2D eigenvalue weighted by Gasteiger charge is -1.98. The quantitative estimate of drug-likeness (QED) is 0.659. The number of hydrogen-bond acceptors (Lipinski definition) is 0. The van der Waals surface area contributed by atoms with Gasteiger partial charge in [0.15, 0.2) is 0 Å². The van der Waals surface area contributed by atoms with Gasteiger partial charge in [-0.1, -0.05) is 46.3 Å². The minimum Gasteiger partial charge on any atom is -0.0913 e. The summed E-state index contributed by atoms with van der Waals surface area (Å²) in [5, 5.41) is 0. The Morgan fingerprint density at radius 1 is 1.55 bits per heavy atom. The second kappa shape index (κ2) is 4.35. The van der Waals surface area contributed by atoms with E-state index in [0.717, 1.165) is 4.47 Å². The Hall–Kier alpha value is -0.560. The lowest BCUT2D eigenvalue weighted by Crippen LogP contribution is -1.80. The molecule has 0 saturated heterocycles. The molecule has 0 unspecified atom stereocenters. The molecule has 11 heavy (non-hydrogen) atoms. The first-order chi connectivity index (χ1) is 6.08. The van der Waals surface area contributed by atoms with Crippen LogP contribution in [0.2, 0.25) is 0 Å². The number of rotatable bonds is 2. The first kappa shape index (κ1) is 6.01. The number of halogens is 1. The topological polar surface area (TPSA) is 0 Å². The normalized spacial score (nSPS) is 14.7. The van der Waals surface area contributed by atoms with E-state index in [-0.39, 0.29) is 0 Å². The molecule has 0 aliphatic rings. The lowest BCUT2D eigenvalue weighted by atomic mass is 10.1. The maximum absolute atomic E-state index is 7.76. The van der Waals surface area contributed by atoms with Gasteiger partial charge in [-0.2, -0.15) is 0 Å². The summed E-state index contributed by atoms with van der Waals surface area (Å²) in [6.07, 6.45) is 1.88. The van der Waals surface area contributed by atoms with Crippen LogP contribution in [-0.2, 0) is 6.37 Å². The van der Waals surface area contributed by atoms with Crippen LogP contribution in [0.4, 0.5) is 0 Å². The number of allylic oxidation sites excluding steroid dienone is 2. The molecule has 0 amide bonds. The fourth-order valence-corrected chi connectivity index (χ4v) is 1.15. The van der Waals surface area contributed by atoms with Crippen molar-refractivity contribution in [2.75, 3.05) is 0 Å². The Bertz CT molecular complexity index is 318. The molecule has 0 heterocycles. The smallest absolute Gasteiger partial charge is 0.0360 e. The lowest BCUT2D eigenvalue weighted by molar-refractivity contribution is 1.24. The van der Waals surface area contributed by atoms with Crippen LogP contribution in [-0.4, -0.2) is 0 Å². The molecule has 1 rings (SSSR count). The Labute approximate surface area is 78.9 Å². The van der Waals surface area contributed by atoms with Gasteiger partial charge in [0.2, 0.25) is 0 Å². The molecule has 0 atom stereocenters. The summed E-state index contributed by atoms with van der Waals surface area (Å²) < 4.78 is 16.3. The molecule has 0 spiro atoms. The molecule has 1 aromatic rings. The molecule has 0 saturated carbocycles. The summed E-state index contributed by atoms with van der Waals surface area (Å²) in [6, 6.07) is 7.33. The van der Waals surface area contributed by atoms with E-state index in [1.165, 1.54) is 0 Å². The monoisotopic (exact) mass is 212 g/mol. The van der Waals surface area contributed by atoms with E-state index in [1.807, 2.05) is 25.1 Å². The molecule has 0 radical (unpaired) electrons. The van der Waals surface area contributed by atoms with Crippen molar-refractivity contribution < 1.29 is 2.74 Å². The van der Waals surface area contributed by atoms with Gasteiger partial charge in [0, 0.05) is 7.21 Å². The molecule has 58 valence electrons. The Balaban J connectivity index is 3.14. The van der Waals surface area contributed by atoms with Gasteiger partial charge in [-0.3, -0.25) is 0 Å². The minimum atomic E-state index is -1.39. The first-order valence-corrected chi connectivity index (χ1v) is 4.26. The molecule has 0 aromatic heterocycles. The van der Waals surface area contributed by atoms with E-state index in [2.05, 4.69) is 15.9 Å². The van der Waals surface area contributed by atoms with Crippen molar-refractivity contribution in [1.29, 1.82) is 0 Å². The zero-order valence-corrected chi connectivity index (χ0v) is 7.93. The molecule has 0 fully saturated rings. The van der Waals surface area contributed by atoms with E-state index < -0.39 is 6.37 Å². The van der Waals surface area contributed by atoms with Crippen LogP contribution in [0.25, 0.3) is 0 Å². The summed E-state index contributed by atoms with van der Waals surface area (Å²) in [5.74, 6) is 0. The van der Waals surface area contributed by atoms with Crippen molar-refractivity contribution >= 4 is 15.9 Å². The van der Waals surface area contributed by atoms with Gasteiger partial charge in [0.1, 0.15) is 0 Å². The largest absolute Gasteiger partial charge is 0.0913 e. The van der Waals surface area contributed by atoms with Crippen molar-refractivity contribution in [3.05, 3.63) is 46.5 Å². The summed E-state index contributed by atoms with van der Waals surface area (Å²) in [5.41, 5.74) is 0.660. The predicted molar refractivity (Wildman–Crippen MR) is 52.7 cm³/mol. The first-order valence-electron chi connectivity index (χ1n) is 4.47. The molecule has 0 bridgehead atoms. The molecule has 0 nitrogen and oxygen atoms in total. The summed E-state index contributed by atoms with van der Waals surface area (Å²) >= 11 is 3.33. The third-order valence-corrected chi connectivity index (χ3v) is 1.97. The second-order valence-corrected chi connectivity index (χ2v) is 2.98. The SMILES string of the molecule is [2H]C([2H])(/C=C\C)c1ccccc1Br. The van der Waals surface area contributed by atoms with Gasteiger partial charge in [-0.15, -0.1) is 0 Å². The zero-order chi connectivity index (χ0) is 9.90. The van der Waals surface area contributed by atoms with Gasteiger partial charge in [-0.05, 0) is 24.9 Å². The summed E-state index contributed by atoms with van der Waals surface area (Å²) in [6.45, 7) is 1.81. The van der Waals surface area contributed by atoms with Crippen LogP contribution in [0.5, 0.6) is 0 Å². The standard InChI is InChI=1S/C10H11Br/c1-2-3-6-9-7-4-5-8-10(9)11/h2-5,7-8H,6H2,1H3/b3-2-/i6D2. The van der Waals surface area contributed by atoms with Crippen LogP contribution in [0, 0.1) is 0 Å². The average Bonchev–Trinajstić information content (AvgIpc) is 2.04. The molecular weight excluding hydrogens is 200 g/mol. The second-order valence-electron chi connectivity index (χ2n) is 2.12. The van der Waals surface area contributed by atoms with E-state index in [1.54, 1.807) is 18.2 Å². The minimum absolute atomic E-state index is 0.660. The van der Waals surface area contributed by atoms with Crippen LogP contribution in [0.15, 0.2) is 40.9 Å². The van der Waals surface area contributed by atoms with E-state index in [0.29, 0.717) is 5.56 Å². The highest BCUT2D eigenvalue weighted by Crippen LogP contribution is 2.16. The molecular formula is C10H11Br. The fourth-order valence-electron chi connectivity index (χ4n) is 0.751. The van der Waals surface area contributed by atoms with Gasteiger partial charge in [-0.25, -0.2) is 0 Å². The summed E-state index contributed by atoms with van der Waals surface area (Å²) in [4.78, 5) is 0. The number of hydrogen-bond donors (Lipinski definition) is 0. The fraction of sp³-hybridized carbons (Fsp3) is 0.200. The summed E-state index contributed by atoms with van der Waals surface area (Å²) in [7, 11) is 0. The van der Waals surface area contributed by atoms with Crippen molar-refractivity contribution in [1.82, 2.24) is 0 Å². The van der Waals surface area contributed by atoms with Crippen LogP contribution < -0.4 is 0 Å². The average molecular weight is 213 g/mol. The van der Waals surface area contributed by atoms with E-state index >= 15 is 0 Å². The van der Waals surface area contributed by atoms with Crippen LogP contribution in [0.1, 0.15) is 15.2 Å². The molecule has 1 heteroatoms. The molecule has 1 aromatic carbocycles. The van der Waals surface area contributed by atoms with Crippen molar-refractivity contribution in [3.8, 4) is 0 Å². The maximum Gasteiger partial charge on any atom is 0.0360 e. The van der Waals surface area contributed by atoms with Crippen molar-refractivity contribution in [2.24, 2.45) is 0 Å². The van der Waals surface area contributed by atoms with E-state index in [9.17, 15) is 0 Å². The molecule has 0 aliphatic carbocycles. The van der Waals surface area contributed by atoms with Gasteiger partial charge in [0.25, 0.3) is 0 Å². The highest BCUT2D eigenvalue weighted by Gasteiger charge is 1.93. The molecule has 0 aliphatic heterocycles. The Kier molecular flexibility index (Phi) is 2.37. The molecule has 0 N–H and O–H groups in total.